The highest BCUT2D eigenvalue weighted by atomic mass is 35.5. The van der Waals surface area contributed by atoms with Crippen molar-refractivity contribution in [2.75, 3.05) is 5.32 Å². The summed E-state index contributed by atoms with van der Waals surface area (Å²) in [5.74, 6) is 0.103. The maximum atomic E-state index is 13.4. The number of alkyl halides is 3. The number of Topliss-reactive ketones (excluding diaryl/α,β-unsaturated/α-hetero) is 1. The Bertz CT molecular complexity index is 1260. The Balaban J connectivity index is 1.75. The Morgan fingerprint density at radius 3 is 2.72 bits per heavy atom. The van der Waals surface area contributed by atoms with E-state index < -0.39 is 17.7 Å². The molecule has 1 atom stereocenters. The van der Waals surface area contributed by atoms with Crippen LogP contribution in [-0.4, -0.2) is 20.5 Å². The van der Waals surface area contributed by atoms with E-state index in [1.807, 2.05) is 12.1 Å². The second-order valence-corrected chi connectivity index (χ2v) is 8.31. The number of hydrogen-bond donors (Lipinski definition) is 1. The van der Waals surface area contributed by atoms with Gasteiger partial charge in [-0.2, -0.15) is 18.3 Å². The number of benzene rings is 1. The van der Waals surface area contributed by atoms with Crippen LogP contribution in [-0.2, 0) is 11.0 Å². The molecule has 0 saturated heterocycles. The predicted molar refractivity (Wildman–Crippen MR) is 114 cm³/mol. The van der Waals surface area contributed by atoms with Crippen LogP contribution in [0.4, 0.5) is 19.0 Å². The van der Waals surface area contributed by atoms with Gasteiger partial charge >= 0.3 is 6.18 Å². The minimum Gasteiger partial charge on any atom is -0.343 e. The lowest BCUT2D eigenvalue weighted by Gasteiger charge is -2.32. The fourth-order valence-electron chi connectivity index (χ4n) is 4.49. The van der Waals surface area contributed by atoms with Gasteiger partial charge < -0.3 is 5.32 Å². The fraction of sp³-hybridized carbons (Fsp3) is 0.261. The maximum absolute atomic E-state index is 13.4. The molecular formula is C23H18ClF3N4O. The molecule has 5 nitrogen and oxygen atoms in total. The van der Waals surface area contributed by atoms with Gasteiger partial charge in [0.2, 0.25) is 0 Å². The third-order valence-corrected chi connectivity index (χ3v) is 6.21. The molecule has 0 radical (unpaired) electrons. The monoisotopic (exact) mass is 458 g/mol. The SMILES string of the molecule is Cc1nn(-c2cc(C(F)(F)F)ccc2Cl)c2c1[C@@H](c1ccccn1)C1=C(CCCC1=O)N2. The number of fused-ring (bicyclic) bond motifs is 1. The van der Waals surface area contributed by atoms with E-state index in [4.69, 9.17) is 11.6 Å². The molecule has 0 amide bonds. The third-order valence-electron chi connectivity index (χ3n) is 5.89. The number of aryl methyl sites for hydroxylation is 1. The molecule has 0 bridgehead atoms. The molecule has 2 aromatic heterocycles. The highest BCUT2D eigenvalue weighted by Gasteiger charge is 2.40. The highest BCUT2D eigenvalue weighted by Crippen LogP contribution is 2.47. The molecule has 1 N–H and O–H groups in total. The van der Waals surface area contributed by atoms with Crippen LogP contribution in [0.25, 0.3) is 5.69 Å². The van der Waals surface area contributed by atoms with Crippen molar-refractivity contribution in [2.45, 2.75) is 38.3 Å². The Kier molecular flexibility index (Phi) is 4.85. The molecule has 2 aliphatic rings. The van der Waals surface area contributed by atoms with Crippen molar-refractivity contribution in [3.05, 3.63) is 81.4 Å². The van der Waals surface area contributed by atoms with E-state index in [0.29, 0.717) is 47.6 Å². The van der Waals surface area contributed by atoms with E-state index in [1.165, 1.54) is 10.7 Å². The minimum absolute atomic E-state index is 0.0457. The minimum atomic E-state index is -4.52. The maximum Gasteiger partial charge on any atom is 0.416 e. The molecular weight excluding hydrogens is 441 g/mol. The Labute approximate surface area is 186 Å². The molecule has 0 fully saturated rings. The average molecular weight is 459 g/mol. The second-order valence-electron chi connectivity index (χ2n) is 7.91. The molecule has 0 spiro atoms. The Morgan fingerprint density at radius 1 is 1.19 bits per heavy atom. The van der Waals surface area contributed by atoms with Crippen LogP contribution in [0, 0.1) is 6.92 Å². The van der Waals surface area contributed by atoms with Gasteiger partial charge in [0.05, 0.1) is 33.6 Å². The predicted octanol–water partition coefficient (Wildman–Crippen LogP) is 5.81. The van der Waals surface area contributed by atoms with Gasteiger partial charge in [0, 0.05) is 29.5 Å². The molecule has 1 aromatic carbocycles. The fourth-order valence-corrected chi connectivity index (χ4v) is 4.69. The molecule has 32 heavy (non-hydrogen) atoms. The summed E-state index contributed by atoms with van der Waals surface area (Å²) in [6.45, 7) is 1.77. The number of nitrogens with zero attached hydrogens (tertiary/aromatic N) is 3. The van der Waals surface area contributed by atoms with Gasteiger partial charge in [0.1, 0.15) is 5.82 Å². The largest absolute Gasteiger partial charge is 0.416 e. The zero-order chi connectivity index (χ0) is 22.6. The topological polar surface area (TPSA) is 59.8 Å². The van der Waals surface area contributed by atoms with Gasteiger partial charge in [0.15, 0.2) is 5.78 Å². The lowest BCUT2D eigenvalue weighted by Crippen LogP contribution is -2.28. The number of pyridine rings is 1. The standard InChI is InChI=1S/C23H18ClF3N4O/c1-12-19-21(15-5-2-3-10-28-15)20-16(6-4-7-18(20)32)29-22(19)31(30-12)17-11-13(23(25,26)27)8-9-14(17)24/h2-3,5,8-11,21,29H,4,6-7H2,1H3/t21-/m1/s1. The summed E-state index contributed by atoms with van der Waals surface area (Å²) in [6, 6.07) is 8.64. The van der Waals surface area contributed by atoms with E-state index in [1.54, 1.807) is 19.2 Å². The number of aromatic nitrogens is 3. The number of hydrogen-bond acceptors (Lipinski definition) is 4. The average Bonchev–Trinajstić information content (AvgIpc) is 3.08. The molecule has 1 aliphatic carbocycles. The van der Waals surface area contributed by atoms with Gasteiger partial charge in [-0.25, -0.2) is 4.68 Å². The van der Waals surface area contributed by atoms with Gasteiger partial charge in [-0.1, -0.05) is 17.7 Å². The molecule has 3 heterocycles. The van der Waals surface area contributed by atoms with E-state index in [9.17, 15) is 18.0 Å². The summed E-state index contributed by atoms with van der Waals surface area (Å²) in [5, 5.41) is 7.97. The zero-order valence-electron chi connectivity index (χ0n) is 17.0. The van der Waals surface area contributed by atoms with Crippen LogP contribution in [0.3, 0.4) is 0 Å². The van der Waals surface area contributed by atoms with Crippen LogP contribution >= 0.6 is 11.6 Å². The molecule has 9 heteroatoms. The zero-order valence-corrected chi connectivity index (χ0v) is 17.8. The number of carbonyl (C=O) groups excluding carboxylic acids is 1. The third kappa shape index (κ3) is 3.30. The number of carbonyl (C=O) groups is 1. The molecule has 0 unspecified atom stereocenters. The van der Waals surface area contributed by atoms with Crippen molar-refractivity contribution in [1.29, 1.82) is 0 Å². The van der Waals surface area contributed by atoms with E-state index >= 15 is 0 Å². The van der Waals surface area contributed by atoms with E-state index in [0.717, 1.165) is 17.8 Å². The number of allylic oxidation sites excluding steroid dienone is 2. The van der Waals surface area contributed by atoms with Crippen molar-refractivity contribution in [1.82, 2.24) is 14.8 Å². The van der Waals surface area contributed by atoms with Crippen LogP contribution in [0.2, 0.25) is 5.02 Å². The summed E-state index contributed by atoms with van der Waals surface area (Å²) in [4.78, 5) is 17.4. The smallest absolute Gasteiger partial charge is 0.343 e. The van der Waals surface area contributed by atoms with Crippen LogP contribution in [0.15, 0.2) is 53.9 Å². The van der Waals surface area contributed by atoms with Crippen molar-refractivity contribution < 1.29 is 18.0 Å². The Morgan fingerprint density at radius 2 is 2.00 bits per heavy atom. The lowest BCUT2D eigenvalue weighted by atomic mass is 9.77. The normalized spacial score (nSPS) is 18.3. The number of nitrogens with one attached hydrogen (secondary N) is 1. The molecule has 3 aromatic rings. The van der Waals surface area contributed by atoms with Crippen LogP contribution < -0.4 is 5.32 Å². The molecule has 164 valence electrons. The summed E-state index contributed by atoms with van der Waals surface area (Å²) in [6.07, 6.45) is -1.05. The van der Waals surface area contributed by atoms with E-state index in [2.05, 4.69) is 15.4 Å². The number of halogens is 4. The van der Waals surface area contributed by atoms with E-state index in [-0.39, 0.29) is 16.5 Å². The Hall–Kier alpha value is -3.13. The molecule has 5 rings (SSSR count). The quantitative estimate of drug-likeness (QED) is 0.526. The number of anilines is 1. The van der Waals surface area contributed by atoms with Crippen molar-refractivity contribution >= 4 is 23.2 Å². The number of ketones is 1. The van der Waals surface area contributed by atoms with Gasteiger partial charge in [-0.15, -0.1) is 0 Å². The van der Waals surface area contributed by atoms with Gasteiger partial charge in [-0.05, 0) is 50.1 Å². The van der Waals surface area contributed by atoms with Crippen LogP contribution in [0.5, 0.6) is 0 Å². The van der Waals surface area contributed by atoms with Crippen LogP contribution in [0.1, 0.15) is 47.7 Å². The van der Waals surface area contributed by atoms with Gasteiger partial charge in [-0.3, -0.25) is 9.78 Å². The first kappa shape index (κ1) is 20.8. The summed E-state index contributed by atoms with van der Waals surface area (Å²) in [5.41, 5.74) is 2.70. The summed E-state index contributed by atoms with van der Waals surface area (Å²) in [7, 11) is 0. The van der Waals surface area contributed by atoms with Gasteiger partial charge in [0.25, 0.3) is 0 Å². The van der Waals surface area contributed by atoms with Crippen molar-refractivity contribution in [3.63, 3.8) is 0 Å². The van der Waals surface area contributed by atoms with Crippen molar-refractivity contribution in [2.24, 2.45) is 0 Å². The van der Waals surface area contributed by atoms with Crippen molar-refractivity contribution in [3.8, 4) is 5.69 Å². The summed E-state index contributed by atoms with van der Waals surface area (Å²) < 4.78 is 41.5. The second kappa shape index (κ2) is 7.48. The number of rotatable bonds is 2. The molecule has 0 saturated carbocycles. The first-order valence-electron chi connectivity index (χ1n) is 10.2. The lowest BCUT2D eigenvalue weighted by molar-refractivity contribution is -0.137. The summed E-state index contributed by atoms with van der Waals surface area (Å²) >= 11 is 6.31. The first-order chi connectivity index (χ1) is 15.3. The first-order valence-corrected chi connectivity index (χ1v) is 10.5. The molecule has 1 aliphatic heterocycles. The highest BCUT2D eigenvalue weighted by molar-refractivity contribution is 6.32.